The van der Waals surface area contributed by atoms with Gasteiger partial charge in [-0.05, 0) is 6.42 Å². The third-order valence-corrected chi connectivity index (χ3v) is 3.84. The standard InChI is InChI=1S/C7H11O9P.4Na.4H/c8-4(9)1-2-7(6(12)13,3-5(10)11)17(14,15)16;;;;;;;;/h1-3H2,(H,8,9)(H,10,11)(H,12,13)(H2,14,15,16);;;;;;;;/q;4*+1;4*-1. The molecule has 0 aromatic carbocycles. The van der Waals surface area contributed by atoms with Gasteiger partial charge < -0.3 is 30.8 Å². The molecule has 5 N–H and O–H groups in total. The fourth-order valence-corrected chi connectivity index (χ4v) is 2.20. The topological polar surface area (TPSA) is 169 Å². The normalized spacial score (nSPS) is 12.1. The van der Waals surface area contributed by atoms with E-state index < -0.39 is 49.9 Å². The Morgan fingerprint density at radius 3 is 1.48 bits per heavy atom. The van der Waals surface area contributed by atoms with Crippen molar-refractivity contribution in [3.05, 3.63) is 0 Å². The van der Waals surface area contributed by atoms with E-state index in [-0.39, 0.29) is 124 Å². The minimum atomic E-state index is -5.32. The van der Waals surface area contributed by atoms with Crippen LogP contribution >= 0.6 is 7.60 Å². The monoisotopic (exact) mass is 366 g/mol. The molecule has 0 amide bonds. The summed E-state index contributed by atoms with van der Waals surface area (Å²) in [6.45, 7) is 0. The van der Waals surface area contributed by atoms with E-state index in [4.69, 9.17) is 25.1 Å². The molecule has 0 aromatic heterocycles. The van der Waals surface area contributed by atoms with Crippen molar-refractivity contribution in [2.24, 2.45) is 0 Å². The summed E-state index contributed by atoms with van der Waals surface area (Å²) in [6, 6.07) is 0. The first kappa shape index (κ1) is 34.8. The minimum Gasteiger partial charge on any atom is -1.00 e. The molecular weight excluding hydrogens is 351 g/mol. The van der Waals surface area contributed by atoms with E-state index in [9.17, 15) is 18.9 Å². The number of carbonyl (C=O) groups is 3. The third kappa shape index (κ3) is 11.7. The molecule has 0 heterocycles. The number of hydrogen-bond donors (Lipinski definition) is 5. The van der Waals surface area contributed by atoms with Gasteiger partial charge in [-0.25, -0.2) is 0 Å². The van der Waals surface area contributed by atoms with Crippen LogP contribution in [0.4, 0.5) is 0 Å². The van der Waals surface area contributed by atoms with Gasteiger partial charge in [0.05, 0.1) is 6.42 Å². The fraction of sp³-hybridized carbons (Fsp3) is 0.571. The summed E-state index contributed by atoms with van der Waals surface area (Å²) in [7, 11) is -5.32. The van der Waals surface area contributed by atoms with Crippen molar-refractivity contribution in [3.8, 4) is 0 Å². The number of aliphatic carboxylic acids is 3. The van der Waals surface area contributed by atoms with E-state index >= 15 is 0 Å². The molecule has 14 heteroatoms. The minimum absolute atomic E-state index is 0. The Morgan fingerprint density at radius 2 is 1.29 bits per heavy atom. The van der Waals surface area contributed by atoms with E-state index in [1.54, 1.807) is 0 Å². The Kier molecular flexibility index (Phi) is 24.6. The largest absolute Gasteiger partial charge is 1.00 e. The molecule has 0 radical (unpaired) electrons. The Hall–Kier alpha value is 2.56. The van der Waals surface area contributed by atoms with Crippen molar-refractivity contribution in [3.63, 3.8) is 0 Å². The summed E-state index contributed by atoms with van der Waals surface area (Å²) in [4.78, 5) is 49.5. The van der Waals surface area contributed by atoms with Gasteiger partial charge in [-0.2, -0.15) is 0 Å². The fourth-order valence-electron chi connectivity index (χ4n) is 1.21. The summed E-state index contributed by atoms with van der Waals surface area (Å²) >= 11 is 0. The van der Waals surface area contributed by atoms with Gasteiger partial charge in [0, 0.05) is 6.42 Å². The van der Waals surface area contributed by atoms with Gasteiger partial charge in [-0.15, -0.1) is 0 Å². The van der Waals surface area contributed by atoms with Crippen LogP contribution in [-0.4, -0.2) is 48.2 Å². The van der Waals surface area contributed by atoms with Gasteiger partial charge >= 0.3 is 144 Å². The van der Waals surface area contributed by atoms with Gasteiger partial charge in [0.2, 0.25) is 0 Å². The quantitative estimate of drug-likeness (QED) is 0.217. The molecule has 0 aliphatic rings. The van der Waals surface area contributed by atoms with Crippen LogP contribution in [-0.2, 0) is 18.9 Å². The Bertz CT molecular complexity index is 413. The summed E-state index contributed by atoms with van der Waals surface area (Å²) in [5, 5.41) is 22.7. The van der Waals surface area contributed by atoms with Gasteiger partial charge in [-0.1, -0.05) is 0 Å². The van der Waals surface area contributed by atoms with Crippen LogP contribution in [0, 0.1) is 0 Å². The van der Waals surface area contributed by atoms with Crippen LogP contribution in [0.5, 0.6) is 0 Å². The van der Waals surface area contributed by atoms with E-state index in [2.05, 4.69) is 0 Å². The van der Waals surface area contributed by atoms with Crippen molar-refractivity contribution < 1.29 is 168 Å². The predicted octanol–water partition coefficient (Wildman–Crippen LogP) is -12.2. The first-order valence-corrected chi connectivity index (χ1v) is 5.87. The predicted molar refractivity (Wildman–Crippen MR) is 56.0 cm³/mol. The summed E-state index contributed by atoms with van der Waals surface area (Å²) in [6.07, 6.45) is -3.17. The average molecular weight is 366 g/mol. The maximum Gasteiger partial charge on any atom is 1.00 e. The molecule has 0 aliphatic heterocycles. The van der Waals surface area contributed by atoms with Crippen LogP contribution < -0.4 is 118 Å². The second kappa shape index (κ2) is 14.9. The molecule has 0 aromatic rings. The molecule has 0 fully saturated rings. The average Bonchev–Trinajstić information content (AvgIpc) is 2.08. The zero-order valence-corrected chi connectivity index (χ0v) is 21.3. The molecule has 106 valence electrons. The molecule has 1 unspecified atom stereocenters. The van der Waals surface area contributed by atoms with Crippen LogP contribution in [0.3, 0.4) is 0 Å². The molecule has 0 saturated heterocycles. The van der Waals surface area contributed by atoms with Crippen molar-refractivity contribution in [2.75, 3.05) is 0 Å². The van der Waals surface area contributed by atoms with Crippen molar-refractivity contribution in [2.45, 2.75) is 24.4 Å². The van der Waals surface area contributed by atoms with Gasteiger partial charge in [0.15, 0.2) is 5.16 Å². The molecular formula is C7H15Na4O9P. The maximum absolute atomic E-state index is 11.1. The van der Waals surface area contributed by atoms with Crippen LogP contribution in [0.1, 0.15) is 25.0 Å². The van der Waals surface area contributed by atoms with Crippen LogP contribution in [0.25, 0.3) is 0 Å². The first-order chi connectivity index (χ1) is 7.53. The summed E-state index contributed by atoms with van der Waals surface area (Å²) < 4.78 is 11.1. The SMILES string of the molecule is O=C(O)CCC(CC(=O)O)(C(=O)O)P(=O)(O)O.[H-].[H-].[H-].[H-].[Na+].[Na+].[Na+].[Na+]. The molecule has 0 bridgehead atoms. The van der Waals surface area contributed by atoms with E-state index in [1.165, 1.54) is 0 Å². The molecule has 0 aliphatic carbocycles. The second-order valence-corrected chi connectivity index (χ2v) is 5.29. The molecule has 0 spiro atoms. The zero-order chi connectivity index (χ0) is 13.9. The molecule has 1 atom stereocenters. The van der Waals surface area contributed by atoms with Gasteiger partial charge in [-0.3, -0.25) is 18.9 Å². The first-order valence-electron chi connectivity index (χ1n) is 4.25. The van der Waals surface area contributed by atoms with Gasteiger partial charge in [0.25, 0.3) is 0 Å². The third-order valence-electron chi connectivity index (χ3n) is 2.15. The number of carboxylic acids is 3. The molecule has 0 rings (SSSR count). The van der Waals surface area contributed by atoms with Crippen molar-refractivity contribution in [1.82, 2.24) is 0 Å². The smallest absolute Gasteiger partial charge is 1.00 e. The Balaban J connectivity index is -0.0000000457. The number of carboxylic acid groups (broad SMARTS) is 3. The summed E-state index contributed by atoms with van der Waals surface area (Å²) in [5.41, 5.74) is 0. The van der Waals surface area contributed by atoms with Gasteiger partial charge in [0.1, 0.15) is 0 Å². The van der Waals surface area contributed by atoms with E-state index in [0.717, 1.165) is 0 Å². The van der Waals surface area contributed by atoms with Crippen LogP contribution in [0.2, 0.25) is 0 Å². The second-order valence-electron chi connectivity index (χ2n) is 3.35. The van der Waals surface area contributed by atoms with E-state index in [1.807, 2.05) is 0 Å². The van der Waals surface area contributed by atoms with E-state index in [0.29, 0.717) is 0 Å². The zero-order valence-electron chi connectivity index (χ0n) is 16.4. The summed E-state index contributed by atoms with van der Waals surface area (Å²) in [5.74, 6) is -5.25. The maximum atomic E-state index is 11.1. The molecule has 9 nitrogen and oxygen atoms in total. The number of rotatable bonds is 7. The van der Waals surface area contributed by atoms with Crippen molar-refractivity contribution >= 4 is 25.5 Å². The number of hydrogen-bond acceptors (Lipinski definition) is 4. The van der Waals surface area contributed by atoms with Crippen LogP contribution in [0.15, 0.2) is 0 Å². The Labute approximate surface area is 214 Å². The molecule has 0 saturated carbocycles. The van der Waals surface area contributed by atoms with Crippen molar-refractivity contribution in [1.29, 1.82) is 0 Å². The Morgan fingerprint density at radius 1 is 0.905 bits per heavy atom. The molecule has 21 heavy (non-hydrogen) atoms.